The van der Waals surface area contributed by atoms with Crippen molar-refractivity contribution in [3.8, 4) is 23.0 Å². The third-order valence-electron chi connectivity index (χ3n) is 7.04. The zero-order chi connectivity index (χ0) is 27.4. The van der Waals surface area contributed by atoms with Crippen LogP contribution >= 0.6 is 15.9 Å². The fourth-order valence-corrected chi connectivity index (χ4v) is 5.50. The van der Waals surface area contributed by atoms with Gasteiger partial charge in [-0.15, -0.1) is 0 Å². The molecule has 0 bridgehead atoms. The molecule has 7 heteroatoms. The lowest BCUT2D eigenvalue weighted by atomic mass is 9.96. The van der Waals surface area contributed by atoms with Gasteiger partial charge in [0.15, 0.2) is 11.5 Å². The second kappa shape index (κ2) is 12.3. The number of hydrazone groups is 1. The van der Waals surface area contributed by atoms with Crippen LogP contribution in [0.5, 0.6) is 23.0 Å². The van der Waals surface area contributed by atoms with Gasteiger partial charge >= 0.3 is 0 Å². The number of hydrogen-bond donors (Lipinski definition) is 0. The Bertz CT molecular complexity index is 1310. The number of halogens is 1. The SMILES string of the molecule is CCCCCCOc1ccc([C@H]2Oc3ccc(Br)cc3[C@@H]3CC(c4ccc(OC(C)C)cc4)=NN23)cc1OC. The summed E-state index contributed by atoms with van der Waals surface area (Å²) in [6.45, 7) is 6.96. The summed E-state index contributed by atoms with van der Waals surface area (Å²) in [6.07, 6.45) is 5.17. The predicted molar refractivity (Wildman–Crippen MR) is 158 cm³/mol. The molecular formula is C32H37BrN2O4. The Morgan fingerprint density at radius 1 is 1.00 bits per heavy atom. The molecule has 0 fully saturated rings. The van der Waals surface area contributed by atoms with Gasteiger partial charge in [-0.2, -0.15) is 5.10 Å². The zero-order valence-corrected chi connectivity index (χ0v) is 24.7. The quantitative estimate of drug-likeness (QED) is 0.209. The van der Waals surface area contributed by atoms with E-state index >= 15 is 0 Å². The Balaban J connectivity index is 1.43. The lowest BCUT2D eigenvalue weighted by Crippen LogP contribution is -2.33. The van der Waals surface area contributed by atoms with Crippen molar-refractivity contribution in [3.05, 3.63) is 81.8 Å². The molecule has 2 aliphatic rings. The first-order valence-electron chi connectivity index (χ1n) is 13.9. The van der Waals surface area contributed by atoms with Gasteiger partial charge in [0.25, 0.3) is 0 Å². The second-order valence-electron chi connectivity index (χ2n) is 10.3. The van der Waals surface area contributed by atoms with Crippen LogP contribution in [0.2, 0.25) is 0 Å². The van der Waals surface area contributed by atoms with Crippen LogP contribution in [0.15, 0.2) is 70.2 Å². The second-order valence-corrected chi connectivity index (χ2v) is 11.2. The normalized spacial score (nSPS) is 17.8. The molecule has 39 heavy (non-hydrogen) atoms. The average molecular weight is 594 g/mol. The van der Waals surface area contributed by atoms with E-state index in [-0.39, 0.29) is 12.1 Å². The van der Waals surface area contributed by atoms with Gasteiger partial charge in [-0.25, -0.2) is 5.01 Å². The van der Waals surface area contributed by atoms with E-state index in [9.17, 15) is 0 Å². The highest BCUT2D eigenvalue weighted by atomic mass is 79.9. The monoisotopic (exact) mass is 592 g/mol. The molecular weight excluding hydrogens is 556 g/mol. The molecule has 0 N–H and O–H groups in total. The minimum Gasteiger partial charge on any atom is -0.493 e. The topological polar surface area (TPSA) is 52.5 Å². The Hall–Kier alpha value is -3.19. The third-order valence-corrected chi connectivity index (χ3v) is 7.53. The molecule has 0 saturated heterocycles. The molecule has 0 saturated carbocycles. The average Bonchev–Trinajstić information content (AvgIpc) is 3.39. The van der Waals surface area contributed by atoms with Crippen molar-refractivity contribution in [2.75, 3.05) is 13.7 Å². The van der Waals surface area contributed by atoms with Gasteiger partial charge in [0.05, 0.1) is 31.6 Å². The molecule has 3 aromatic carbocycles. The van der Waals surface area contributed by atoms with Crippen molar-refractivity contribution in [1.82, 2.24) is 5.01 Å². The lowest BCUT2D eigenvalue weighted by Gasteiger charge is -2.38. The van der Waals surface area contributed by atoms with E-state index in [0.29, 0.717) is 12.4 Å². The highest BCUT2D eigenvalue weighted by molar-refractivity contribution is 9.10. The number of rotatable bonds is 11. The maximum absolute atomic E-state index is 6.58. The summed E-state index contributed by atoms with van der Waals surface area (Å²) < 4.78 is 25.2. The number of methoxy groups -OCH3 is 1. The summed E-state index contributed by atoms with van der Waals surface area (Å²) >= 11 is 3.64. The first kappa shape index (κ1) is 27.4. The summed E-state index contributed by atoms with van der Waals surface area (Å²) in [5.74, 6) is 3.19. The van der Waals surface area contributed by atoms with E-state index < -0.39 is 6.23 Å². The maximum Gasteiger partial charge on any atom is 0.214 e. The first-order valence-corrected chi connectivity index (χ1v) is 14.7. The van der Waals surface area contributed by atoms with Gasteiger partial charge in [0.2, 0.25) is 6.23 Å². The molecule has 2 aliphatic heterocycles. The lowest BCUT2D eigenvalue weighted by molar-refractivity contribution is -0.0192. The van der Waals surface area contributed by atoms with Crippen molar-refractivity contribution in [1.29, 1.82) is 0 Å². The van der Waals surface area contributed by atoms with Gasteiger partial charge in [0, 0.05) is 22.0 Å². The fraction of sp³-hybridized carbons (Fsp3) is 0.406. The molecule has 0 aromatic heterocycles. The van der Waals surface area contributed by atoms with Crippen molar-refractivity contribution < 1.29 is 18.9 Å². The first-order chi connectivity index (χ1) is 19.0. The molecule has 0 aliphatic carbocycles. The minimum absolute atomic E-state index is 0.0540. The summed E-state index contributed by atoms with van der Waals surface area (Å²) in [5.41, 5.74) is 4.20. The van der Waals surface area contributed by atoms with Crippen molar-refractivity contribution >= 4 is 21.6 Å². The molecule has 0 spiro atoms. The van der Waals surface area contributed by atoms with Crippen LogP contribution in [0.1, 0.15) is 81.8 Å². The molecule has 5 rings (SSSR count). The maximum atomic E-state index is 6.58. The third kappa shape index (κ3) is 6.19. The Kier molecular flexibility index (Phi) is 8.66. The van der Waals surface area contributed by atoms with Gasteiger partial charge in [-0.3, -0.25) is 0 Å². The smallest absolute Gasteiger partial charge is 0.214 e. The molecule has 0 radical (unpaired) electrons. The Labute approximate surface area is 240 Å². The summed E-state index contributed by atoms with van der Waals surface area (Å²) in [6, 6.07) is 20.5. The number of nitrogens with zero attached hydrogens (tertiary/aromatic N) is 2. The highest BCUT2D eigenvalue weighted by Gasteiger charge is 2.41. The zero-order valence-electron chi connectivity index (χ0n) is 23.2. The van der Waals surface area contributed by atoms with Crippen LogP contribution in [-0.2, 0) is 0 Å². The number of hydrogen-bond acceptors (Lipinski definition) is 6. The van der Waals surface area contributed by atoms with E-state index in [4.69, 9.17) is 24.0 Å². The van der Waals surface area contributed by atoms with Gasteiger partial charge < -0.3 is 18.9 Å². The van der Waals surface area contributed by atoms with Crippen LogP contribution < -0.4 is 18.9 Å². The van der Waals surface area contributed by atoms with Gasteiger partial charge in [-0.05, 0) is 86.5 Å². The van der Waals surface area contributed by atoms with E-state index in [2.05, 4.69) is 52.1 Å². The van der Waals surface area contributed by atoms with E-state index in [0.717, 1.165) is 57.0 Å². The number of fused-ring (bicyclic) bond motifs is 3. The van der Waals surface area contributed by atoms with Crippen molar-refractivity contribution in [3.63, 3.8) is 0 Å². The summed E-state index contributed by atoms with van der Waals surface area (Å²) in [5, 5.41) is 7.20. The van der Waals surface area contributed by atoms with Crippen LogP contribution in [0.25, 0.3) is 0 Å². The molecule has 2 atom stereocenters. The van der Waals surface area contributed by atoms with Gasteiger partial charge in [0.1, 0.15) is 11.5 Å². The molecule has 3 aromatic rings. The minimum atomic E-state index is -0.391. The Morgan fingerprint density at radius 2 is 1.82 bits per heavy atom. The number of benzene rings is 3. The molecule has 2 heterocycles. The van der Waals surface area contributed by atoms with E-state index in [1.165, 1.54) is 19.3 Å². The van der Waals surface area contributed by atoms with Crippen LogP contribution in [-0.4, -0.2) is 30.5 Å². The Morgan fingerprint density at radius 3 is 2.56 bits per heavy atom. The predicted octanol–water partition coefficient (Wildman–Crippen LogP) is 8.45. The van der Waals surface area contributed by atoms with Gasteiger partial charge in [-0.1, -0.05) is 42.1 Å². The van der Waals surface area contributed by atoms with Crippen LogP contribution in [0, 0.1) is 0 Å². The van der Waals surface area contributed by atoms with Crippen LogP contribution in [0.3, 0.4) is 0 Å². The number of unbranched alkanes of at least 4 members (excludes halogenated alkanes) is 3. The molecule has 0 amide bonds. The standard InChI is InChI=1S/C32H37BrN2O4/c1-5-6-7-8-17-37-30-15-11-23(18-31(30)36-4)32-35-28(26-19-24(33)12-16-29(26)39-32)20-27(34-35)22-9-13-25(14-10-22)38-21(2)3/h9-16,18-19,21,28,32H,5-8,17,20H2,1-4H3/t28-,32+/m0/s1. The molecule has 206 valence electrons. The van der Waals surface area contributed by atoms with E-state index in [1.54, 1.807) is 7.11 Å². The highest BCUT2D eigenvalue weighted by Crippen LogP contribution is 2.49. The van der Waals surface area contributed by atoms with Crippen molar-refractivity contribution in [2.24, 2.45) is 5.10 Å². The fourth-order valence-electron chi connectivity index (χ4n) is 5.12. The summed E-state index contributed by atoms with van der Waals surface area (Å²) in [4.78, 5) is 0. The largest absolute Gasteiger partial charge is 0.493 e. The number of ether oxygens (including phenoxy) is 4. The van der Waals surface area contributed by atoms with Crippen LogP contribution in [0.4, 0.5) is 0 Å². The van der Waals surface area contributed by atoms with Crippen molar-refractivity contribution in [2.45, 2.75) is 71.2 Å². The van der Waals surface area contributed by atoms with E-state index in [1.807, 2.05) is 50.2 Å². The summed E-state index contributed by atoms with van der Waals surface area (Å²) in [7, 11) is 1.68. The molecule has 0 unspecified atom stereocenters. The molecule has 6 nitrogen and oxygen atoms in total.